The molecular weight excluding hydrogens is 184 g/mol. The summed E-state index contributed by atoms with van der Waals surface area (Å²) in [6.45, 7) is 0. The molecular formula is C9H12N2OS. The fourth-order valence-corrected chi connectivity index (χ4v) is 1.41. The van der Waals surface area contributed by atoms with Gasteiger partial charge in [-0.1, -0.05) is 24.1 Å². The largest absolute Gasteiger partial charge is 0.366 e. The highest BCUT2D eigenvalue weighted by Crippen LogP contribution is 2.22. The van der Waals surface area contributed by atoms with Crippen molar-refractivity contribution in [2.75, 3.05) is 17.6 Å². The second-order valence-electron chi connectivity index (χ2n) is 2.56. The third-order valence-corrected chi connectivity index (χ3v) is 2.53. The number of hydrogen-bond acceptors (Lipinski definition) is 3. The Balaban J connectivity index is 3.11. The Labute approximate surface area is 82.0 Å². The van der Waals surface area contributed by atoms with Gasteiger partial charge in [-0.2, -0.15) is 0 Å². The fourth-order valence-electron chi connectivity index (χ4n) is 1.05. The number of hydrogen-bond donors (Lipinski definition) is 1. The monoisotopic (exact) mass is 196 g/mol. The molecule has 0 aliphatic carbocycles. The Bertz CT molecular complexity index is 314. The fraction of sp³-hybridized carbons (Fsp3) is 0.222. The molecule has 0 bridgehead atoms. The van der Waals surface area contributed by atoms with Crippen molar-refractivity contribution in [2.24, 2.45) is 5.73 Å². The molecule has 0 atom stereocenters. The number of rotatable bonds is 3. The average molecular weight is 196 g/mol. The molecule has 0 saturated heterocycles. The van der Waals surface area contributed by atoms with Crippen LogP contribution in [-0.4, -0.2) is 19.2 Å². The Hall–Kier alpha value is -1.16. The minimum atomic E-state index is -0.392. The maximum absolute atomic E-state index is 11.0. The summed E-state index contributed by atoms with van der Waals surface area (Å²) >= 11 is 1.53. The molecule has 1 aromatic carbocycles. The lowest BCUT2D eigenvalue weighted by molar-refractivity contribution is 0.100. The summed E-state index contributed by atoms with van der Waals surface area (Å²) in [4.78, 5) is 11.0. The van der Waals surface area contributed by atoms with Gasteiger partial charge in [0.05, 0.1) is 11.3 Å². The van der Waals surface area contributed by atoms with E-state index < -0.39 is 5.91 Å². The molecule has 0 aliphatic rings. The van der Waals surface area contributed by atoms with Gasteiger partial charge in [-0.15, -0.1) is 0 Å². The highest BCUT2D eigenvalue weighted by atomic mass is 32.2. The first-order chi connectivity index (χ1) is 6.16. The van der Waals surface area contributed by atoms with Gasteiger partial charge in [0.15, 0.2) is 0 Å². The summed E-state index contributed by atoms with van der Waals surface area (Å²) in [5, 5.41) is 0. The smallest absolute Gasteiger partial charge is 0.250 e. The van der Waals surface area contributed by atoms with Crippen molar-refractivity contribution in [2.45, 2.75) is 0 Å². The van der Waals surface area contributed by atoms with E-state index in [0.717, 1.165) is 5.69 Å². The van der Waals surface area contributed by atoms with Crippen molar-refractivity contribution in [3.8, 4) is 0 Å². The third-order valence-electron chi connectivity index (χ3n) is 1.78. The normalized spacial score (nSPS) is 9.69. The molecule has 1 amide bonds. The molecule has 4 heteroatoms. The van der Waals surface area contributed by atoms with Crippen molar-refractivity contribution in [3.05, 3.63) is 29.8 Å². The standard InChI is InChI=1S/C9H12N2OS/c1-11(13-2)8-6-4-3-5-7(8)9(10)12/h3-6H,1-2H3,(H2,10,12). The molecule has 0 aromatic heterocycles. The highest BCUT2D eigenvalue weighted by molar-refractivity contribution is 7.99. The molecule has 0 spiro atoms. The number of carbonyl (C=O) groups is 1. The van der Waals surface area contributed by atoms with Crippen molar-refractivity contribution in [1.29, 1.82) is 0 Å². The first-order valence-electron chi connectivity index (χ1n) is 3.83. The van der Waals surface area contributed by atoms with Crippen LogP contribution in [0.15, 0.2) is 24.3 Å². The second kappa shape index (κ2) is 4.18. The minimum Gasteiger partial charge on any atom is -0.366 e. The Morgan fingerprint density at radius 2 is 2.08 bits per heavy atom. The van der Waals surface area contributed by atoms with E-state index in [9.17, 15) is 4.79 Å². The van der Waals surface area contributed by atoms with Crippen LogP contribution in [0.3, 0.4) is 0 Å². The molecule has 13 heavy (non-hydrogen) atoms. The first-order valence-corrected chi connectivity index (χ1v) is 5.01. The molecule has 0 heterocycles. The van der Waals surface area contributed by atoms with E-state index in [1.165, 1.54) is 11.9 Å². The van der Waals surface area contributed by atoms with E-state index >= 15 is 0 Å². The van der Waals surface area contributed by atoms with Crippen LogP contribution in [0.2, 0.25) is 0 Å². The van der Waals surface area contributed by atoms with E-state index in [1.807, 2.05) is 29.7 Å². The van der Waals surface area contributed by atoms with Crippen molar-refractivity contribution < 1.29 is 4.79 Å². The van der Waals surface area contributed by atoms with Gasteiger partial charge >= 0.3 is 0 Å². The number of benzene rings is 1. The minimum absolute atomic E-state index is 0.392. The van der Waals surface area contributed by atoms with Gasteiger partial charge in [0, 0.05) is 13.3 Å². The number of amides is 1. The predicted molar refractivity (Wildman–Crippen MR) is 56.9 cm³/mol. The van der Waals surface area contributed by atoms with Gasteiger partial charge in [0.1, 0.15) is 0 Å². The van der Waals surface area contributed by atoms with Crippen LogP contribution in [0.5, 0.6) is 0 Å². The summed E-state index contributed by atoms with van der Waals surface area (Å²) < 4.78 is 1.90. The van der Waals surface area contributed by atoms with Gasteiger partial charge in [-0.3, -0.25) is 4.79 Å². The number of para-hydroxylation sites is 1. The van der Waals surface area contributed by atoms with Crippen molar-refractivity contribution in [1.82, 2.24) is 0 Å². The zero-order chi connectivity index (χ0) is 9.84. The van der Waals surface area contributed by atoms with Gasteiger partial charge in [0.25, 0.3) is 5.91 Å². The highest BCUT2D eigenvalue weighted by Gasteiger charge is 2.09. The maximum Gasteiger partial charge on any atom is 0.250 e. The van der Waals surface area contributed by atoms with E-state index in [1.54, 1.807) is 12.1 Å². The predicted octanol–water partition coefficient (Wildman–Crippen LogP) is 1.50. The van der Waals surface area contributed by atoms with Gasteiger partial charge < -0.3 is 10.0 Å². The van der Waals surface area contributed by atoms with Crippen LogP contribution in [0.25, 0.3) is 0 Å². The molecule has 0 fully saturated rings. The molecule has 0 radical (unpaired) electrons. The zero-order valence-electron chi connectivity index (χ0n) is 7.65. The Morgan fingerprint density at radius 3 is 2.62 bits per heavy atom. The lowest BCUT2D eigenvalue weighted by atomic mass is 10.2. The number of nitrogens with zero attached hydrogens (tertiary/aromatic N) is 1. The Kier molecular flexibility index (Phi) is 3.19. The molecule has 1 rings (SSSR count). The van der Waals surface area contributed by atoms with Crippen LogP contribution in [-0.2, 0) is 0 Å². The van der Waals surface area contributed by atoms with Crippen LogP contribution in [0.4, 0.5) is 5.69 Å². The third kappa shape index (κ3) is 2.15. The summed E-state index contributed by atoms with van der Waals surface area (Å²) in [5.41, 5.74) is 6.64. The topological polar surface area (TPSA) is 46.3 Å². The van der Waals surface area contributed by atoms with Gasteiger partial charge in [-0.05, 0) is 12.1 Å². The van der Waals surface area contributed by atoms with Crippen LogP contribution >= 0.6 is 11.9 Å². The molecule has 0 aliphatic heterocycles. The van der Waals surface area contributed by atoms with Gasteiger partial charge in [-0.25, -0.2) is 0 Å². The summed E-state index contributed by atoms with van der Waals surface area (Å²) in [5.74, 6) is -0.392. The lowest BCUT2D eigenvalue weighted by Crippen LogP contribution is -2.16. The summed E-state index contributed by atoms with van der Waals surface area (Å²) in [7, 11) is 1.90. The number of anilines is 1. The van der Waals surface area contributed by atoms with Crippen LogP contribution in [0, 0.1) is 0 Å². The molecule has 0 saturated carbocycles. The van der Waals surface area contributed by atoms with Crippen molar-refractivity contribution in [3.63, 3.8) is 0 Å². The van der Waals surface area contributed by atoms with E-state index in [0.29, 0.717) is 5.56 Å². The maximum atomic E-state index is 11.0. The number of carbonyl (C=O) groups excluding carboxylic acids is 1. The summed E-state index contributed by atoms with van der Waals surface area (Å²) in [6.07, 6.45) is 1.94. The number of nitrogens with two attached hydrogens (primary N) is 1. The quantitative estimate of drug-likeness (QED) is 0.745. The molecule has 70 valence electrons. The average Bonchev–Trinajstić information content (AvgIpc) is 2.16. The number of primary amides is 1. The SMILES string of the molecule is CSN(C)c1ccccc1C(N)=O. The van der Waals surface area contributed by atoms with Crippen LogP contribution < -0.4 is 10.0 Å². The molecule has 2 N–H and O–H groups in total. The van der Waals surface area contributed by atoms with Crippen molar-refractivity contribution >= 4 is 23.5 Å². The molecule has 0 unspecified atom stereocenters. The van der Waals surface area contributed by atoms with Crippen LogP contribution in [0.1, 0.15) is 10.4 Å². The van der Waals surface area contributed by atoms with E-state index in [-0.39, 0.29) is 0 Å². The molecule has 3 nitrogen and oxygen atoms in total. The first kappa shape index (κ1) is 9.92. The Morgan fingerprint density at radius 1 is 1.46 bits per heavy atom. The zero-order valence-corrected chi connectivity index (χ0v) is 8.47. The molecule has 1 aromatic rings. The van der Waals surface area contributed by atoms with Gasteiger partial charge in [0.2, 0.25) is 0 Å². The lowest BCUT2D eigenvalue weighted by Gasteiger charge is -2.17. The van der Waals surface area contributed by atoms with E-state index in [4.69, 9.17) is 5.73 Å². The summed E-state index contributed by atoms with van der Waals surface area (Å²) in [6, 6.07) is 7.28. The second-order valence-corrected chi connectivity index (χ2v) is 3.47. The van der Waals surface area contributed by atoms with E-state index in [2.05, 4.69) is 0 Å².